The maximum atomic E-state index is 9.41. The SMILES string of the molecule is C=C(C)C=O.CCCCCON1C(C)(C)CCCC1(C)C. The van der Waals surface area contributed by atoms with Gasteiger partial charge in [-0.1, -0.05) is 26.3 Å². The van der Waals surface area contributed by atoms with E-state index in [0.29, 0.717) is 5.57 Å². The van der Waals surface area contributed by atoms with Crippen LogP contribution in [-0.4, -0.2) is 29.0 Å². The maximum Gasteiger partial charge on any atom is 0.145 e. The van der Waals surface area contributed by atoms with Crippen LogP contribution in [0.4, 0.5) is 0 Å². The van der Waals surface area contributed by atoms with Gasteiger partial charge in [-0.25, -0.2) is 0 Å². The highest BCUT2D eigenvalue weighted by molar-refractivity contribution is 5.70. The highest BCUT2D eigenvalue weighted by Gasteiger charge is 2.42. The first-order valence-corrected chi connectivity index (χ1v) is 8.21. The van der Waals surface area contributed by atoms with Crippen LogP contribution in [0.15, 0.2) is 12.2 Å². The summed E-state index contributed by atoms with van der Waals surface area (Å²) < 4.78 is 0. The zero-order valence-corrected chi connectivity index (χ0v) is 15.0. The number of rotatable bonds is 6. The summed E-state index contributed by atoms with van der Waals surface area (Å²) in [5.74, 6) is 0. The molecule has 21 heavy (non-hydrogen) atoms. The minimum atomic E-state index is 0.188. The lowest BCUT2D eigenvalue weighted by Crippen LogP contribution is -2.58. The normalized spacial score (nSPS) is 20.3. The van der Waals surface area contributed by atoms with Crippen molar-refractivity contribution in [2.45, 2.75) is 91.1 Å². The second-order valence-corrected chi connectivity index (χ2v) is 7.28. The molecule has 0 unspecified atom stereocenters. The van der Waals surface area contributed by atoms with Gasteiger partial charge in [0, 0.05) is 11.1 Å². The molecule has 0 aromatic rings. The van der Waals surface area contributed by atoms with Gasteiger partial charge in [-0.3, -0.25) is 9.63 Å². The van der Waals surface area contributed by atoms with Crippen molar-refractivity contribution in [3.05, 3.63) is 12.2 Å². The van der Waals surface area contributed by atoms with Crippen LogP contribution < -0.4 is 0 Å². The van der Waals surface area contributed by atoms with Gasteiger partial charge in [0.15, 0.2) is 0 Å². The first-order valence-electron chi connectivity index (χ1n) is 8.21. The Morgan fingerprint density at radius 2 is 1.67 bits per heavy atom. The summed E-state index contributed by atoms with van der Waals surface area (Å²) in [5.41, 5.74) is 0.951. The Morgan fingerprint density at radius 1 is 1.19 bits per heavy atom. The molecule has 0 aromatic carbocycles. The second-order valence-electron chi connectivity index (χ2n) is 7.28. The molecule has 0 aliphatic carbocycles. The molecule has 3 nitrogen and oxygen atoms in total. The summed E-state index contributed by atoms with van der Waals surface area (Å²) in [7, 11) is 0. The third-order valence-corrected chi connectivity index (χ3v) is 3.85. The third kappa shape index (κ3) is 7.77. The van der Waals surface area contributed by atoms with E-state index in [-0.39, 0.29) is 11.1 Å². The van der Waals surface area contributed by atoms with E-state index >= 15 is 0 Å². The second kappa shape index (κ2) is 9.37. The molecule has 1 rings (SSSR count). The molecule has 1 saturated heterocycles. The average Bonchev–Trinajstić information content (AvgIpc) is 2.37. The van der Waals surface area contributed by atoms with Crippen molar-refractivity contribution in [1.82, 2.24) is 5.06 Å². The van der Waals surface area contributed by atoms with Crippen LogP contribution in [-0.2, 0) is 9.63 Å². The highest BCUT2D eigenvalue weighted by atomic mass is 16.7. The van der Waals surface area contributed by atoms with E-state index in [1.54, 1.807) is 6.92 Å². The van der Waals surface area contributed by atoms with Crippen molar-refractivity contribution in [2.75, 3.05) is 6.61 Å². The summed E-state index contributed by atoms with van der Waals surface area (Å²) in [5, 5.41) is 2.26. The molecule has 3 heteroatoms. The van der Waals surface area contributed by atoms with Crippen LogP contribution in [0.5, 0.6) is 0 Å². The monoisotopic (exact) mass is 297 g/mol. The van der Waals surface area contributed by atoms with Crippen molar-refractivity contribution in [1.29, 1.82) is 0 Å². The molecule has 1 aliphatic rings. The van der Waals surface area contributed by atoms with Gasteiger partial charge in [0.05, 0.1) is 6.61 Å². The number of hydrogen-bond acceptors (Lipinski definition) is 3. The van der Waals surface area contributed by atoms with Crippen LogP contribution in [0.1, 0.15) is 80.1 Å². The molecular weight excluding hydrogens is 262 g/mol. The molecule has 0 saturated carbocycles. The summed E-state index contributed by atoms with van der Waals surface area (Å²) in [6, 6.07) is 0. The van der Waals surface area contributed by atoms with Gasteiger partial charge in [-0.05, 0) is 65.9 Å². The summed E-state index contributed by atoms with van der Waals surface area (Å²) in [6.45, 7) is 17.3. The number of carbonyl (C=O) groups excluding carboxylic acids is 1. The highest BCUT2D eigenvalue weighted by Crippen LogP contribution is 2.38. The van der Waals surface area contributed by atoms with Gasteiger partial charge in [0.1, 0.15) is 6.29 Å². The number of carbonyl (C=O) groups is 1. The molecule has 0 atom stereocenters. The molecule has 0 N–H and O–H groups in total. The molecular formula is C18H35NO2. The van der Waals surface area contributed by atoms with Crippen LogP contribution >= 0.6 is 0 Å². The van der Waals surface area contributed by atoms with Crippen LogP contribution in [0.2, 0.25) is 0 Å². The molecule has 1 heterocycles. The number of aldehydes is 1. The summed E-state index contributed by atoms with van der Waals surface area (Å²) in [4.78, 5) is 15.5. The van der Waals surface area contributed by atoms with Crippen LogP contribution in [0.3, 0.4) is 0 Å². The van der Waals surface area contributed by atoms with Gasteiger partial charge >= 0.3 is 0 Å². The Labute approximate surface area is 131 Å². The minimum Gasteiger partial charge on any atom is -0.298 e. The molecule has 1 aliphatic heterocycles. The predicted molar refractivity (Wildman–Crippen MR) is 90.2 cm³/mol. The lowest BCUT2D eigenvalue weighted by molar-refractivity contribution is -0.281. The fraction of sp³-hybridized carbons (Fsp3) is 0.833. The predicted octanol–water partition coefficient (Wildman–Crippen LogP) is 4.91. The summed E-state index contributed by atoms with van der Waals surface area (Å²) in [6.07, 6.45) is 8.23. The topological polar surface area (TPSA) is 29.5 Å². The van der Waals surface area contributed by atoms with Crippen molar-refractivity contribution in [3.8, 4) is 0 Å². The molecule has 0 aromatic heterocycles. The zero-order valence-electron chi connectivity index (χ0n) is 15.0. The average molecular weight is 297 g/mol. The number of hydrogen-bond donors (Lipinski definition) is 0. The fourth-order valence-electron chi connectivity index (χ4n) is 2.83. The third-order valence-electron chi connectivity index (χ3n) is 3.85. The van der Waals surface area contributed by atoms with E-state index < -0.39 is 0 Å². The largest absolute Gasteiger partial charge is 0.298 e. The molecule has 0 amide bonds. The molecule has 0 spiro atoms. The standard InChI is InChI=1S/C14H29NO.C4H6O/c1-6-7-8-12-16-15-13(2,3)10-9-11-14(15,4)5;1-4(2)3-5/h6-12H2,1-5H3;3H,1H2,2H3. The first kappa shape index (κ1) is 20.3. The van der Waals surface area contributed by atoms with Crippen LogP contribution in [0.25, 0.3) is 0 Å². The summed E-state index contributed by atoms with van der Waals surface area (Å²) >= 11 is 0. The van der Waals surface area contributed by atoms with Gasteiger partial charge in [0.25, 0.3) is 0 Å². The number of nitrogens with zero attached hydrogens (tertiary/aromatic N) is 1. The number of hydroxylamine groups is 2. The minimum absolute atomic E-state index is 0.188. The quantitative estimate of drug-likeness (QED) is 0.396. The van der Waals surface area contributed by atoms with E-state index in [9.17, 15) is 4.79 Å². The molecule has 0 radical (unpaired) electrons. The van der Waals surface area contributed by atoms with Crippen molar-refractivity contribution < 1.29 is 9.63 Å². The van der Waals surface area contributed by atoms with Crippen molar-refractivity contribution >= 4 is 6.29 Å². The molecule has 0 bridgehead atoms. The lowest BCUT2D eigenvalue weighted by atomic mass is 9.82. The Kier molecular flexibility index (Phi) is 9.07. The van der Waals surface area contributed by atoms with E-state index in [4.69, 9.17) is 4.84 Å². The van der Waals surface area contributed by atoms with E-state index in [1.165, 1.54) is 38.5 Å². The van der Waals surface area contributed by atoms with Gasteiger partial charge in [-0.2, -0.15) is 5.06 Å². The van der Waals surface area contributed by atoms with E-state index in [1.807, 2.05) is 0 Å². The Hall–Kier alpha value is -0.670. The van der Waals surface area contributed by atoms with E-state index in [2.05, 4.69) is 46.3 Å². The number of unbranched alkanes of at least 4 members (excludes halogenated alkanes) is 2. The van der Waals surface area contributed by atoms with Gasteiger partial charge < -0.3 is 0 Å². The van der Waals surface area contributed by atoms with Crippen molar-refractivity contribution in [3.63, 3.8) is 0 Å². The zero-order chi connectivity index (χ0) is 16.5. The van der Waals surface area contributed by atoms with E-state index in [0.717, 1.165) is 12.9 Å². The Morgan fingerprint density at radius 3 is 2.05 bits per heavy atom. The molecule has 1 fully saturated rings. The van der Waals surface area contributed by atoms with Crippen molar-refractivity contribution in [2.24, 2.45) is 0 Å². The number of allylic oxidation sites excluding steroid dienone is 1. The van der Waals surface area contributed by atoms with Crippen LogP contribution in [0, 0.1) is 0 Å². The van der Waals surface area contributed by atoms with Gasteiger partial charge in [-0.15, -0.1) is 0 Å². The first-order chi connectivity index (χ1) is 9.67. The Bertz CT molecular complexity index is 305. The number of piperidine rings is 1. The molecule has 124 valence electrons. The fourth-order valence-corrected chi connectivity index (χ4v) is 2.83. The van der Waals surface area contributed by atoms with Gasteiger partial charge in [0.2, 0.25) is 0 Å². The smallest absolute Gasteiger partial charge is 0.145 e. The maximum absolute atomic E-state index is 9.41. The Balaban J connectivity index is 0.000000690. The lowest BCUT2D eigenvalue weighted by Gasteiger charge is -2.51.